The molecule has 0 aliphatic carbocycles. The third-order valence-corrected chi connectivity index (χ3v) is 4.42. The van der Waals surface area contributed by atoms with E-state index in [1.54, 1.807) is 13.1 Å². The highest BCUT2D eigenvalue weighted by Gasteiger charge is 2.20. The molecule has 0 amide bonds. The molecule has 0 radical (unpaired) electrons. The summed E-state index contributed by atoms with van der Waals surface area (Å²) >= 11 is 3.44. The predicted molar refractivity (Wildman–Crippen MR) is 73.6 cm³/mol. The fraction of sp³-hybridized carbons (Fsp3) is 0.286. The van der Waals surface area contributed by atoms with Crippen molar-refractivity contribution < 1.29 is 4.79 Å². The molecule has 0 N–H and O–H groups in total. The molecule has 0 saturated carbocycles. The number of fused-ring (bicyclic) bond motifs is 1. The second-order valence-electron chi connectivity index (χ2n) is 4.26. The van der Waals surface area contributed by atoms with E-state index in [1.165, 1.54) is 0 Å². The van der Waals surface area contributed by atoms with Crippen LogP contribution in [0.3, 0.4) is 0 Å². The maximum Gasteiger partial charge on any atom is 0.144 e. The Morgan fingerprint density at radius 1 is 1.35 bits per heavy atom. The molecule has 88 valence electrons. The van der Waals surface area contributed by atoms with E-state index in [-0.39, 0.29) is 16.5 Å². The van der Waals surface area contributed by atoms with E-state index in [4.69, 9.17) is 0 Å². The number of halogens is 1. The average Bonchev–Trinajstić information content (AvgIpc) is 2.36. The molecule has 0 bridgehead atoms. The van der Waals surface area contributed by atoms with Crippen molar-refractivity contribution in [2.75, 3.05) is 0 Å². The number of alkyl halides is 1. The minimum Gasteiger partial charge on any atom is -0.299 e. The Kier molecular flexibility index (Phi) is 3.57. The molecule has 2 aromatic rings. The molecule has 2 rings (SSSR count). The molecule has 1 heterocycles. The topological polar surface area (TPSA) is 30.0 Å². The number of benzene rings is 1. The molecule has 0 aliphatic rings. The van der Waals surface area contributed by atoms with Gasteiger partial charge in [0.15, 0.2) is 0 Å². The molecule has 0 spiro atoms. The third kappa shape index (κ3) is 2.55. The van der Waals surface area contributed by atoms with Crippen LogP contribution in [0.2, 0.25) is 0 Å². The molecule has 2 unspecified atom stereocenters. The van der Waals surface area contributed by atoms with Gasteiger partial charge in [-0.05, 0) is 30.7 Å². The van der Waals surface area contributed by atoms with Crippen molar-refractivity contribution in [2.45, 2.75) is 24.6 Å². The number of ketones is 1. The fourth-order valence-corrected chi connectivity index (χ4v) is 2.20. The number of aromatic nitrogens is 1. The summed E-state index contributed by atoms with van der Waals surface area (Å²) < 4.78 is 0. The highest BCUT2D eigenvalue weighted by molar-refractivity contribution is 9.10. The number of nitrogens with zero attached hydrogens (tertiary/aromatic N) is 1. The van der Waals surface area contributed by atoms with Gasteiger partial charge in [-0.25, -0.2) is 0 Å². The number of carbonyl (C=O) groups is 1. The quantitative estimate of drug-likeness (QED) is 0.808. The highest BCUT2D eigenvalue weighted by Crippen LogP contribution is 2.27. The van der Waals surface area contributed by atoms with E-state index in [2.05, 4.69) is 33.9 Å². The van der Waals surface area contributed by atoms with Gasteiger partial charge in [0, 0.05) is 17.5 Å². The largest absolute Gasteiger partial charge is 0.299 e. The van der Waals surface area contributed by atoms with Crippen molar-refractivity contribution in [1.82, 2.24) is 4.98 Å². The van der Waals surface area contributed by atoms with Crippen LogP contribution < -0.4 is 0 Å². The summed E-state index contributed by atoms with van der Waals surface area (Å²) in [6.07, 6.45) is 1.79. The number of pyridine rings is 1. The smallest absolute Gasteiger partial charge is 0.144 e. The van der Waals surface area contributed by atoms with E-state index >= 15 is 0 Å². The minimum absolute atomic E-state index is 0.128. The number of hydrogen-bond acceptors (Lipinski definition) is 2. The first kappa shape index (κ1) is 12.2. The Morgan fingerprint density at radius 2 is 2.12 bits per heavy atom. The molecule has 17 heavy (non-hydrogen) atoms. The molecule has 2 atom stereocenters. The predicted octanol–water partition coefficient (Wildman–Crippen LogP) is 3.69. The molecule has 3 heteroatoms. The molecule has 2 nitrogen and oxygen atoms in total. The van der Waals surface area contributed by atoms with E-state index in [9.17, 15) is 4.79 Å². The lowest BCUT2D eigenvalue weighted by molar-refractivity contribution is -0.116. The second kappa shape index (κ2) is 4.96. The monoisotopic (exact) mass is 291 g/mol. The normalized spacial score (nSPS) is 14.5. The first-order valence-corrected chi connectivity index (χ1v) is 6.50. The van der Waals surface area contributed by atoms with Gasteiger partial charge in [0.2, 0.25) is 0 Å². The van der Waals surface area contributed by atoms with Gasteiger partial charge in [-0.2, -0.15) is 0 Å². The summed E-state index contributed by atoms with van der Waals surface area (Å²) in [6.45, 7) is 3.66. The van der Waals surface area contributed by atoms with Crippen LogP contribution in [0.4, 0.5) is 0 Å². The third-order valence-electron chi connectivity index (χ3n) is 2.98. The van der Waals surface area contributed by atoms with Gasteiger partial charge in [-0.3, -0.25) is 9.78 Å². The van der Waals surface area contributed by atoms with E-state index in [0.29, 0.717) is 0 Å². The van der Waals surface area contributed by atoms with E-state index < -0.39 is 0 Å². The van der Waals surface area contributed by atoms with Crippen LogP contribution in [0, 0.1) is 0 Å². The van der Waals surface area contributed by atoms with Gasteiger partial charge < -0.3 is 0 Å². The zero-order valence-corrected chi connectivity index (χ0v) is 11.4. The second-order valence-corrected chi connectivity index (χ2v) is 5.24. The van der Waals surface area contributed by atoms with Gasteiger partial charge in [0.1, 0.15) is 5.78 Å². The maximum absolute atomic E-state index is 11.4. The zero-order chi connectivity index (χ0) is 12.4. The average molecular weight is 292 g/mol. The molecule has 0 fully saturated rings. The SMILES string of the molecule is CC(=O)C(Br)C(C)c1ccc2ncccc2c1. The lowest BCUT2D eigenvalue weighted by Gasteiger charge is -2.16. The Balaban J connectivity index is 2.39. The Labute approximate surface area is 109 Å². The van der Waals surface area contributed by atoms with Gasteiger partial charge in [0.05, 0.1) is 10.3 Å². The van der Waals surface area contributed by atoms with Crippen LogP contribution in [0.1, 0.15) is 25.3 Å². The summed E-state index contributed by atoms with van der Waals surface area (Å²) in [4.78, 5) is 15.5. The van der Waals surface area contributed by atoms with Gasteiger partial charge in [0.25, 0.3) is 0 Å². The van der Waals surface area contributed by atoms with Crippen molar-refractivity contribution in [3.63, 3.8) is 0 Å². The van der Waals surface area contributed by atoms with Crippen LogP contribution in [-0.4, -0.2) is 15.6 Å². The standard InChI is InChI=1S/C14H14BrNO/c1-9(14(15)10(2)17)11-5-6-13-12(8-11)4-3-7-16-13/h3-9,14H,1-2H3. The minimum atomic E-state index is -0.128. The van der Waals surface area contributed by atoms with Crippen LogP contribution >= 0.6 is 15.9 Å². The van der Waals surface area contributed by atoms with Gasteiger partial charge in [-0.1, -0.05) is 35.0 Å². The Bertz CT molecular complexity index is 553. The maximum atomic E-state index is 11.4. The number of hydrogen-bond donors (Lipinski definition) is 0. The summed E-state index contributed by atoms with van der Waals surface area (Å²) in [5.74, 6) is 0.320. The summed E-state index contributed by atoms with van der Waals surface area (Å²) in [5.41, 5.74) is 2.14. The number of carbonyl (C=O) groups excluding carboxylic acids is 1. The van der Waals surface area contributed by atoms with Crippen molar-refractivity contribution in [3.05, 3.63) is 42.1 Å². The molecular formula is C14H14BrNO. The Hall–Kier alpha value is -1.22. The fourth-order valence-electron chi connectivity index (χ4n) is 1.90. The lowest BCUT2D eigenvalue weighted by Crippen LogP contribution is -2.17. The summed E-state index contributed by atoms with van der Waals surface area (Å²) in [5, 5.41) is 1.11. The lowest BCUT2D eigenvalue weighted by atomic mass is 9.95. The zero-order valence-electron chi connectivity index (χ0n) is 9.85. The van der Waals surface area contributed by atoms with Gasteiger partial charge >= 0.3 is 0 Å². The molecule has 0 aliphatic heterocycles. The van der Waals surface area contributed by atoms with Crippen molar-refractivity contribution >= 4 is 32.6 Å². The van der Waals surface area contributed by atoms with E-state index in [0.717, 1.165) is 16.5 Å². The molecule has 1 aromatic carbocycles. The van der Waals surface area contributed by atoms with E-state index in [1.807, 2.05) is 24.3 Å². The van der Waals surface area contributed by atoms with Crippen LogP contribution in [-0.2, 0) is 4.79 Å². The number of rotatable bonds is 3. The Morgan fingerprint density at radius 3 is 2.82 bits per heavy atom. The first-order valence-electron chi connectivity index (χ1n) is 5.59. The van der Waals surface area contributed by atoms with Crippen LogP contribution in [0.5, 0.6) is 0 Å². The summed E-state index contributed by atoms with van der Waals surface area (Å²) in [7, 11) is 0. The van der Waals surface area contributed by atoms with Crippen molar-refractivity contribution in [3.8, 4) is 0 Å². The molecule has 1 aromatic heterocycles. The number of Topliss-reactive ketones (excluding diaryl/α,β-unsaturated/α-hetero) is 1. The summed E-state index contributed by atoms with van der Waals surface area (Å²) in [6, 6.07) is 10.1. The molecular weight excluding hydrogens is 278 g/mol. The van der Waals surface area contributed by atoms with Gasteiger partial charge in [-0.15, -0.1) is 0 Å². The van der Waals surface area contributed by atoms with Crippen molar-refractivity contribution in [2.24, 2.45) is 0 Å². The van der Waals surface area contributed by atoms with Crippen LogP contribution in [0.15, 0.2) is 36.5 Å². The van der Waals surface area contributed by atoms with Crippen LogP contribution in [0.25, 0.3) is 10.9 Å². The van der Waals surface area contributed by atoms with Crippen molar-refractivity contribution in [1.29, 1.82) is 0 Å². The molecule has 0 saturated heterocycles. The first-order chi connectivity index (χ1) is 8.09. The highest BCUT2D eigenvalue weighted by atomic mass is 79.9.